The summed E-state index contributed by atoms with van der Waals surface area (Å²) in [4.78, 5) is 10.8. The van der Waals surface area contributed by atoms with Crippen LogP contribution in [0.2, 0.25) is 0 Å². The summed E-state index contributed by atoms with van der Waals surface area (Å²) in [6, 6.07) is 2.73. The second-order valence-corrected chi connectivity index (χ2v) is 8.04. The minimum absolute atomic E-state index is 0.210. The third-order valence-corrected chi connectivity index (χ3v) is 5.96. The van der Waals surface area contributed by atoms with Gasteiger partial charge in [0, 0.05) is 4.47 Å². The van der Waals surface area contributed by atoms with Crippen molar-refractivity contribution in [1.29, 1.82) is 0 Å². The van der Waals surface area contributed by atoms with Gasteiger partial charge in [-0.05, 0) is 31.0 Å². The lowest BCUT2D eigenvalue weighted by Crippen LogP contribution is -2.28. The van der Waals surface area contributed by atoms with Crippen molar-refractivity contribution < 1.29 is 31.1 Å². The van der Waals surface area contributed by atoms with Crippen molar-refractivity contribution in [2.45, 2.75) is 23.9 Å². The van der Waals surface area contributed by atoms with Crippen LogP contribution in [0.1, 0.15) is 18.4 Å². The van der Waals surface area contributed by atoms with Gasteiger partial charge in [0.05, 0.1) is 28.7 Å². The lowest BCUT2D eigenvalue weighted by Gasteiger charge is -2.17. The summed E-state index contributed by atoms with van der Waals surface area (Å²) in [5.41, 5.74) is -2.46. The fourth-order valence-electron chi connectivity index (χ4n) is 2.20. The number of benzene rings is 1. The molecule has 4 nitrogen and oxygen atoms in total. The zero-order valence-electron chi connectivity index (χ0n) is 11.4. The smallest absolute Gasteiger partial charge is 0.417 e. The van der Waals surface area contributed by atoms with Gasteiger partial charge < -0.3 is 4.74 Å². The minimum atomic E-state index is -4.80. The maximum Gasteiger partial charge on any atom is 0.417 e. The second-order valence-electron chi connectivity index (χ2n) is 5.17. The molecule has 1 saturated carbocycles. The SMILES string of the molecule is COC(=O)C1(CS(=O)(=O)c2cc(Br)ccc2C(F)(F)F)CC1. The summed E-state index contributed by atoms with van der Waals surface area (Å²) < 4.78 is 68.6. The summed E-state index contributed by atoms with van der Waals surface area (Å²) in [5.74, 6) is -1.40. The Bertz CT molecular complexity index is 708. The van der Waals surface area contributed by atoms with Crippen molar-refractivity contribution in [2.75, 3.05) is 12.9 Å². The monoisotopic (exact) mass is 400 g/mol. The van der Waals surface area contributed by atoms with Gasteiger partial charge in [0.15, 0.2) is 9.84 Å². The average Bonchev–Trinajstić information content (AvgIpc) is 3.16. The number of methoxy groups -OCH3 is 1. The molecule has 1 aromatic carbocycles. The molecule has 0 saturated heterocycles. The fourth-order valence-corrected chi connectivity index (χ4v) is 4.83. The molecule has 0 atom stereocenters. The third-order valence-electron chi connectivity index (χ3n) is 3.52. The van der Waals surface area contributed by atoms with Gasteiger partial charge in [-0.15, -0.1) is 0 Å². The Labute approximate surface area is 133 Å². The van der Waals surface area contributed by atoms with Gasteiger partial charge in [-0.1, -0.05) is 15.9 Å². The number of ether oxygens (including phenoxy) is 1. The van der Waals surface area contributed by atoms with E-state index < -0.39 is 43.6 Å². The maximum absolute atomic E-state index is 13.0. The molecule has 1 fully saturated rings. The zero-order valence-corrected chi connectivity index (χ0v) is 13.8. The Balaban J connectivity index is 2.47. The molecule has 0 N–H and O–H groups in total. The molecule has 122 valence electrons. The van der Waals surface area contributed by atoms with Crippen molar-refractivity contribution in [3.05, 3.63) is 28.2 Å². The van der Waals surface area contributed by atoms with Crippen molar-refractivity contribution in [3.63, 3.8) is 0 Å². The highest BCUT2D eigenvalue weighted by Gasteiger charge is 2.54. The molecule has 0 heterocycles. The predicted molar refractivity (Wildman–Crippen MR) is 74.9 cm³/mol. The van der Waals surface area contributed by atoms with Crippen LogP contribution in [0, 0.1) is 5.41 Å². The van der Waals surface area contributed by atoms with E-state index in [-0.39, 0.29) is 17.3 Å². The molecule has 0 amide bonds. The third kappa shape index (κ3) is 3.29. The first-order valence-electron chi connectivity index (χ1n) is 6.20. The molecule has 1 aromatic rings. The van der Waals surface area contributed by atoms with Gasteiger partial charge in [0.2, 0.25) is 0 Å². The largest absolute Gasteiger partial charge is 0.469 e. The summed E-state index contributed by atoms with van der Waals surface area (Å²) >= 11 is 2.97. The number of halogens is 4. The molecule has 1 aliphatic carbocycles. The zero-order chi connectivity index (χ0) is 16.8. The Hall–Kier alpha value is -1.09. The number of hydrogen-bond acceptors (Lipinski definition) is 4. The van der Waals surface area contributed by atoms with E-state index >= 15 is 0 Å². The van der Waals surface area contributed by atoms with Crippen molar-refractivity contribution in [3.8, 4) is 0 Å². The first-order valence-corrected chi connectivity index (χ1v) is 8.64. The van der Waals surface area contributed by atoms with E-state index in [0.29, 0.717) is 6.07 Å². The van der Waals surface area contributed by atoms with E-state index in [0.717, 1.165) is 19.2 Å². The fraction of sp³-hybridized carbons (Fsp3) is 0.462. The van der Waals surface area contributed by atoms with Crippen LogP contribution in [0.3, 0.4) is 0 Å². The van der Waals surface area contributed by atoms with Crippen molar-refractivity contribution in [2.24, 2.45) is 5.41 Å². The van der Waals surface area contributed by atoms with Gasteiger partial charge >= 0.3 is 12.1 Å². The van der Waals surface area contributed by atoms with E-state index in [1.54, 1.807) is 0 Å². The summed E-state index contributed by atoms with van der Waals surface area (Å²) in [7, 11) is -3.18. The van der Waals surface area contributed by atoms with Crippen LogP contribution in [0.5, 0.6) is 0 Å². The van der Waals surface area contributed by atoms with Crippen LogP contribution in [0.25, 0.3) is 0 Å². The Morgan fingerprint density at radius 1 is 1.36 bits per heavy atom. The molecule has 22 heavy (non-hydrogen) atoms. The Morgan fingerprint density at radius 2 is 1.95 bits per heavy atom. The molecule has 0 aliphatic heterocycles. The molecule has 0 aromatic heterocycles. The highest BCUT2D eigenvalue weighted by Crippen LogP contribution is 2.49. The normalized spacial score (nSPS) is 17.1. The van der Waals surface area contributed by atoms with Crippen molar-refractivity contribution >= 4 is 31.7 Å². The number of alkyl halides is 3. The van der Waals surface area contributed by atoms with Gasteiger partial charge in [0.1, 0.15) is 0 Å². The molecular formula is C13H12BrF3O4S. The van der Waals surface area contributed by atoms with Crippen LogP contribution in [-0.4, -0.2) is 27.2 Å². The van der Waals surface area contributed by atoms with Crippen LogP contribution in [-0.2, 0) is 25.5 Å². The number of carbonyl (C=O) groups is 1. The number of sulfone groups is 1. The molecule has 1 aliphatic rings. The topological polar surface area (TPSA) is 60.4 Å². The first-order chi connectivity index (χ1) is 10.0. The molecule has 2 rings (SSSR count). The lowest BCUT2D eigenvalue weighted by molar-refractivity contribution is -0.146. The molecule has 0 bridgehead atoms. The maximum atomic E-state index is 13.0. The number of esters is 1. The summed E-state index contributed by atoms with van der Waals surface area (Å²) in [6.45, 7) is 0. The van der Waals surface area contributed by atoms with E-state index in [1.807, 2.05) is 0 Å². The van der Waals surface area contributed by atoms with Crippen LogP contribution >= 0.6 is 15.9 Å². The first kappa shape index (κ1) is 17.3. The molecule has 0 unspecified atom stereocenters. The number of carbonyl (C=O) groups excluding carboxylic acids is 1. The quantitative estimate of drug-likeness (QED) is 0.728. The average molecular weight is 401 g/mol. The predicted octanol–water partition coefficient (Wildman–Crippen LogP) is 3.19. The highest BCUT2D eigenvalue weighted by atomic mass is 79.9. The standard InChI is InChI=1S/C13H12BrF3O4S/c1-21-11(18)12(4-5-12)7-22(19,20)10-6-8(14)2-3-9(10)13(15,16)17/h2-3,6H,4-5,7H2,1H3. The Kier molecular flexibility index (Phi) is 4.33. The van der Waals surface area contributed by atoms with Crippen molar-refractivity contribution in [1.82, 2.24) is 0 Å². The van der Waals surface area contributed by atoms with Crippen LogP contribution < -0.4 is 0 Å². The highest BCUT2D eigenvalue weighted by molar-refractivity contribution is 9.10. The van der Waals surface area contributed by atoms with Gasteiger partial charge in [-0.25, -0.2) is 8.42 Å². The van der Waals surface area contributed by atoms with Gasteiger partial charge in [-0.3, -0.25) is 4.79 Å². The van der Waals surface area contributed by atoms with E-state index in [2.05, 4.69) is 20.7 Å². The molecule has 0 spiro atoms. The van der Waals surface area contributed by atoms with Crippen LogP contribution in [0.4, 0.5) is 13.2 Å². The molecule has 9 heteroatoms. The second kappa shape index (κ2) is 5.52. The van der Waals surface area contributed by atoms with E-state index in [1.165, 1.54) is 0 Å². The lowest BCUT2D eigenvalue weighted by atomic mass is 10.1. The van der Waals surface area contributed by atoms with E-state index in [9.17, 15) is 26.4 Å². The van der Waals surface area contributed by atoms with E-state index in [4.69, 9.17) is 0 Å². The minimum Gasteiger partial charge on any atom is -0.469 e. The summed E-state index contributed by atoms with van der Waals surface area (Å²) in [6.07, 6.45) is -4.23. The number of hydrogen-bond donors (Lipinski definition) is 0. The van der Waals surface area contributed by atoms with Gasteiger partial charge in [-0.2, -0.15) is 13.2 Å². The van der Waals surface area contributed by atoms with Gasteiger partial charge in [0.25, 0.3) is 0 Å². The molecule has 0 radical (unpaired) electrons. The van der Waals surface area contributed by atoms with Crippen LogP contribution in [0.15, 0.2) is 27.6 Å². The Morgan fingerprint density at radius 3 is 2.41 bits per heavy atom. The number of rotatable bonds is 4. The molecular weight excluding hydrogens is 389 g/mol. The summed E-state index contributed by atoms with van der Waals surface area (Å²) in [5, 5.41) is 0.